The number of fused-ring (bicyclic) bond motifs is 1. The molecule has 0 aliphatic carbocycles. The molecule has 0 saturated heterocycles. The van der Waals surface area contributed by atoms with Crippen molar-refractivity contribution < 1.29 is 29.0 Å². The van der Waals surface area contributed by atoms with Crippen molar-refractivity contribution in [3.05, 3.63) is 88.5 Å². The van der Waals surface area contributed by atoms with Crippen LogP contribution in [0, 0.1) is 10.1 Å². The van der Waals surface area contributed by atoms with Gasteiger partial charge in [0, 0.05) is 23.2 Å². The summed E-state index contributed by atoms with van der Waals surface area (Å²) in [5.41, 5.74) is 6.32. The van der Waals surface area contributed by atoms with Crippen LogP contribution in [0.25, 0.3) is 10.8 Å². The molecular weight excluding hydrogens is 586 g/mol. The molecule has 8 N–H and O–H groups in total. The summed E-state index contributed by atoms with van der Waals surface area (Å²) in [5.74, 6) is -3.42. The third-order valence-electron chi connectivity index (χ3n) is 6.20. The van der Waals surface area contributed by atoms with Gasteiger partial charge in [0.2, 0.25) is 23.6 Å². The number of nitro groups is 1. The highest BCUT2D eigenvalue weighted by molar-refractivity contribution is 6.03. The first-order valence-electron chi connectivity index (χ1n) is 13.8. The number of rotatable bonds is 15. The summed E-state index contributed by atoms with van der Waals surface area (Å²) in [7, 11) is 0. The average molecular weight is 620 g/mol. The number of nitrogens with zero attached hydrogens (tertiary/aromatic N) is 2. The minimum absolute atomic E-state index is 0.0440. The molecular formula is C29H33N9O7. The van der Waals surface area contributed by atoms with E-state index in [1.54, 1.807) is 42.5 Å². The van der Waals surface area contributed by atoms with E-state index in [0.717, 1.165) is 10.8 Å². The van der Waals surface area contributed by atoms with E-state index in [2.05, 4.69) is 37.0 Å². The molecule has 16 heteroatoms. The summed E-state index contributed by atoms with van der Waals surface area (Å²) in [6.45, 7) is -1.18. The Labute approximate surface area is 257 Å². The lowest BCUT2D eigenvalue weighted by Gasteiger charge is -2.19. The zero-order valence-electron chi connectivity index (χ0n) is 24.1. The Morgan fingerprint density at radius 3 is 2.20 bits per heavy atom. The van der Waals surface area contributed by atoms with Crippen LogP contribution in [0.2, 0.25) is 0 Å². The van der Waals surface area contributed by atoms with Crippen LogP contribution < -0.4 is 37.6 Å². The molecule has 0 spiro atoms. The molecule has 1 atom stereocenters. The van der Waals surface area contributed by atoms with Crippen molar-refractivity contribution in [3.63, 3.8) is 0 Å². The first-order chi connectivity index (χ1) is 21.6. The quantitative estimate of drug-likeness (QED) is 0.0391. The Kier molecular flexibility index (Phi) is 12.7. The summed E-state index contributed by atoms with van der Waals surface area (Å²) in [4.78, 5) is 72.9. The molecule has 5 amide bonds. The summed E-state index contributed by atoms with van der Waals surface area (Å²) >= 11 is 0. The lowest BCUT2D eigenvalue weighted by Crippen LogP contribution is -2.51. The summed E-state index contributed by atoms with van der Waals surface area (Å²) in [6, 6.07) is 20.0. The van der Waals surface area contributed by atoms with Crippen LogP contribution >= 0.6 is 0 Å². The normalized spacial score (nSPS) is 11.5. The predicted octanol–water partition coefficient (Wildman–Crippen LogP) is -0.198. The molecule has 16 nitrogen and oxygen atoms in total. The van der Waals surface area contributed by atoms with Gasteiger partial charge in [0.1, 0.15) is 11.1 Å². The van der Waals surface area contributed by atoms with Gasteiger partial charge in [-0.3, -0.25) is 24.0 Å². The van der Waals surface area contributed by atoms with Crippen molar-refractivity contribution in [3.8, 4) is 0 Å². The number of hydrogen-bond acceptors (Lipinski definition) is 7. The fourth-order valence-corrected chi connectivity index (χ4v) is 4.07. The van der Waals surface area contributed by atoms with E-state index in [1.165, 1.54) is 0 Å². The molecule has 45 heavy (non-hydrogen) atoms. The molecule has 3 aromatic rings. The van der Waals surface area contributed by atoms with Crippen LogP contribution in [0.5, 0.6) is 0 Å². The maximum absolute atomic E-state index is 13.0. The van der Waals surface area contributed by atoms with E-state index < -0.39 is 59.7 Å². The van der Waals surface area contributed by atoms with Crippen molar-refractivity contribution in [2.24, 2.45) is 10.8 Å². The van der Waals surface area contributed by atoms with Crippen LogP contribution in [0.15, 0.2) is 77.9 Å². The highest BCUT2D eigenvalue weighted by atomic mass is 16.7. The highest BCUT2D eigenvalue weighted by Crippen LogP contribution is 2.22. The number of nitrogens with two attached hydrogens (primary N) is 1. The molecule has 0 heterocycles. The number of carbonyl (C=O) groups is 5. The molecule has 0 saturated carbocycles. The molecule has 0 bridgehead atoms. The molecule has 3 aromatic carbocycles. The second-order valence-electron chi connectivity index (χ2n) is 9.53. The maximum atomic E-state index is 13.0. The Hall–Kier alpha value is -6.06. The van der Waals surface area contributed by atoms with Gasteiger partial charge in [-0.1, -0.05) is 54.6 Å². The molecule has 3 rings (SSSR count). The van der Waals surface area contributed by atoms with Gasteiger partial charge in [0.05, 0.1) is 19.6 Å². The maximum Gasteiger partial charge on any atom is 0.266 e. The monoisotopic (exact) mass is 619 g/mol. The number of carbonyl (C=O) groups excluding carboxylic acids is 5. The Morgan fingerprint density at radius 2 is 1.44 bits per heavy atom. The fraction of sp³-hybridized carbons (Fsp3) is 0.241. The Morgan fingerprint density at radius 1 is 0.778 bits per heavy atom. The van der Waals surface area contributed by atoms with E-state index in [4.69, 9.17) is 5.73 Å². The molecule has 236 valence electrons. The number of nitrogens with one attached hydrogen (secondary N) is 6. The third-order valence-corrected chi connectivity index (χ3v) is 6.20. The zero-order valence-corrected chi connectivity index (χ0v) is 24.1. The number of amides is 5. The molecule has 1 unspecified atom stereocenters. The SMILES string of the molecule is N/C(=N/[N+](=O)[O-])NCCCC(NC(=O)CNC(=O)CNC(=O)c1ccccc1)C(=O)NCC(=O)Nc1cccc2ccccc12. The first kappa shape index (κ1) is 33.4. The highest BCUT2D eigenvalue weighted by Gasteiger charge is 2.22. The van der Waals surface area contributed by atoms with Gasteiger partial charge in [-0.15, -0.1) is 0 Å². The van der Waals surface area contributed by atoms with Crippen LogP contribution in [0.4, 0.5) is 5.69 Å². The smallest absolute Gasteiger partial charge is 0.266 e. The van der Waals surface area contributed by atoms with Gasteiger partial charge in [0.15, 0.2) is 5.03 Å². The fourth-order valence-electron chi connectivity index (χ4n) is 4.07. The van der Waals surface area contributed by atoms with E-state index in [-0.39, 0.29) is 25.9 Å². The van der Waals surface area contributed by atoms with Gasteiger partial charge in [-0.2, -0.15) is 0 Å². The van der Waals surface area contributed by atoms with Crippen LogP contribution in [0.1, 0.15) is 23.2 Å². The van der Waals surface area contributed by atoms with E-state index in [9.17, 15) is 34.1 Å². The van der Waals surface area contributed by atoms with E-state index in [0.29, 0.717) is 11.3 Å². The van der Waals surface area contributed by atoms with Crippen molar-refractivity contribution in [1.29, 1.82) is 0 Å². The molecule has 0 aliphatic heterocycles. The third kappa shape index (κ3) is 11.6. The van der Waals surface area contributed by atoms with Crippen molar-refractivity contribution in [2.75, 3.05) is 31.5 Å². The zero-order chi connectivity index (χ0) is 32.6. The Bertz CT molecular complexity index is 1560. The van der Waals surface area contributed by atoms with Crippen LogP contribution in [-0.2, 0) is 19.2 Å². The van der Waals surface area contributed by atoms with Crippen molar-refractivity contribution in [2.45, 2.75) is 18.9 Å². The standard InChI is InChI=1S/C29H33N9O7/c30-29(37-38(44)45)31-15-7-14-23(36-25(40)17-32-24(39)16-33-27(42)20-9-2-1-3-10-20)28(43)34-18-26(41)35-22-13-6-11-19-8-4-5-12-21(19)22/h1-6,8-13,23H,7,14-18H2,(H,32,39)(H,33,42)(H,34,43)(H,35,41)(H,36,40)(H3,30,31,37). The minimum atomic E-state index is -1.13. The molecule has 0 fully saturated rings. The van der Waals surface area contributed by atoms with Gasteiger partial charge < -0.3 is 37.6 Å². The van der Waals surface area contributed by atoms with Gasteiger partial charge >= 0.3 is 0 Å². The summed E-state index contributed by atoms with van der Waals surface area (Å²) in [6.07, 6.45) is 0.259. The van der Waals surface area contributed by atoms with Crippen LogP contribution in [0.3, 0.4) is 0 Å². The number of guanidine groups is 1. The molecule has 0 radical (unpaired) electrons. The van der Waals surface area contributed by atoms with E-state index >= 15 is 0 Å². The summed E-state index contributed by atoms with van der Waals surface area (Å²) < 4.78 is 0. The summed E-state index contributed by atoms with van der Waals surface area (Å²) in [5, 5.41) is 29.2. The minimum Gasteiger partial charge on any atom is -0.365 e. The van der Waals surface area contributed by atoms with Crippen molar-refractivity contribution >= 4 is 52.0 Å². The van der Waals surface area contributed by atoms with Gasteiger partial charge in [-0.25, -0.2) is 10.1 Å². The molecule has 0 aliphatic rings. The second-order valence-corrected chi connectivity index (χ2v) is 9.53. The van der Waals surface area contributed by atoms with Gasteiger partial charge in [-0.05, 0) is 36.4 Å². The molecule has 0 aromatic heterocycles. The van der Waals surface area contributed by atoms with Crippen LogP contribution in [-0.4, -0.2) is 72.7 Å². The second kappa shape index (κ2) is 17.2. The number of benzene rings is 3. The number of hydrazone groups is 1. The Balaban J connectivity index is 1.52. The largest absolute Gasteiger partial charge is 0.365 e. The number of anilines is 1. The van der Waals surface area contributed by atoms with Crippen molar-refractivity contribution in [1.82, 2.24) is 26.6 Å². The topological polar surface area (TPSA) is 239 Å². The van der Waals surface area contributed by atoms with Gasteiger partial charge in [0.25, 0.3) is 11.9 Å². The average Bonchev–Trinajstić information content (AvgIpc) is 3.03. The first-order valence-corrected chi connectivity index (χ1v) is 13.8. The number of hydrogen-bond donors (Lipinski definition) is 7. The lowest BCUT2D eigenvalue weighted by atomic mass is 10.1. The lowest BCUT2D eigenvalue weighted by molar-refractivity contribution is -0.485. The predicted molar refractivity (Wildman–Crippen MR) is 165 cm³/mol. The van der Waals surface area contributed by atoms with E-state index in [1.807, 2.05) is 30.3 Å².